The highest BCUT2D eigenvalue weighted by Gasteiger charge is 2.37. The lowest BCUT2D eigenvalue weighted by atomic mass is 10.1. The third-order valence-electron chi connectivity index (χ3n) is 4.32. The average molecular weight is 331 g/mol. The maximum atomic E-state index is 12.4. The van der Waals surface area contributed by atoms with Crippen LogP contribution in [0.4, 0.5) is 4.79 Å². The molecule has 0 radical (unpaired) electrons. The number of nitrogens with one attached hydrogen (secondary N) is 2. The zero-order chi connectivity index (χ0) is 17.1. The molecule has 0 bridgehead atoms. The predicted octanol–water partition coefficient (Wildman–Crippen LogP) is 0.827. The number of carbonyl (C=O) groups excluding carboxylic acids is 3. The fraction of sp³-hybridized carbons (Fsp3) is 0.471. The molecule has 7 heteroatoms. The second-order valence-corrected chi connectivity index (χ2v) is 6.06. The molecular formula is C17H21N3O4. The van der Waals surface area contributed by atoms with Gasteiger partial charge in [0.05, 0.1) is 13.1 Å². The van der Waals surface area contributed by atoms with Crippen LogP contribution in [0.5, 0.6) is 5.75 Å². The van der Waals surface area contributed by atoms with Crippen LogP contribution < -0.4 is 15.4 Å². The molecule has 1 atom stereocenters. The van der Waals surface area contributed by atoms with E-state index in [1.165, 1.54) is 0 Å². The standard InChI is InChI=1S/C17H21N3O4/c1-2-11-5-3-4-6-14(11)24-12-9-20(10-12)16(22)13-7-8-15(21)19-17(23)18-13/h3-6,12-13H,2,7-10H2,1H3,(H2,18,19,21,23)/t13-/m0/s1. The molecule has 4 amide bonds. The Hall–Kier alpha value is -2.57. The molecule has 2 N–H and O–H groups in total. The number of likely N-dealkylation sites (tertiary alicyclic amines) is 1. The molecule has 3 rings (SSSR count). The smallest absolute Gasteiger partial charge is 0.322 e. The summed E-state index contributed by atoms with van der Waals surface area (Å²) in [6.07, 6.45) is 1.33. The van der Waals surface area contributed by atoms with Crippen molar-refractivity contribution in [2.75, 3.05) is 13.1 Å². The van der Waals surface area contributed by atoms with Crippen LogP contribution >= 0.6 is 0 Å². The van der Waals surface area contributed by atoms with E-state index in [9.17, 15) is 14.4 Å². The number of para-hydroxylation sites is 1. The van der Waals surface area contributed by atoms with Crippen LogP contribution in [0.25, 0.3) is 0 Å². The average Bonchev–Trinajstić information content (AvgIpc) is 2.70. The zero-order valence-corrected chi connectivity index (χ0v) is 13.6. The first-order valence-corrected chi connectivity index (χ1v) is 8.20. The van der Waals surface area contributed by atoms with Gasteiger partial charge in [-0.25, -0.2) is 4.79 Å². The molecule has 0 spiro atoms. The molecule has 1 aromatic rings. The quantitative estimate of drug-likeness (QED) is 0.855. The molecule has 2 aliphatic rings. The first kappa shape index (κ1) is 16.3. The Kier molecular flexibility index (Phi) is 4.69. The summed E-state index contributed by atoms with van der Waals surface area (Å²) in [7, 11) is 0. The van der Waals surface area contributed by atoms with Gasteiger partial charge in [-0.3, -0.25) is 14.9 Å². The Labute approximate surface area is 140 Å². The van der Waals surface area contributed by atoms with Crippen LogP contribution in [0.1, 0.15) is 25.3 Å². The highest BCUT2D eigenvalue weighted by molar-refractivity contribution is 5.98. The molecule has 2 heterocycles. The van der Waals surface area contributed by atoms with E-state index >= 15 is 0 Å². The minimum absolute atomic E-state index is 0.0390. The van der Waals surface area contributed by atoms with E-state index < -0.39 is 12.1 Å². The summed E-state index contributed by atoms with van der Waals surface area (Å²) in [5.41, 5.74) is 1.14. The number of urea groups is 1. The summed E-state index contributed by atoms with van der Waals surface area (Å²) >= 11 is 0. The van der Waals surface area contributed by atoms with Crippen molar-refractivity contribution in [2.24, 2.45) is 0 Å². The highest BCUT2D eigenvalue weighted by atomic mass is 16.5. The first-order valence-electron chi connectivity index (χ1n) is 8.20. The molecule has 1 aromatic carbocycles. The van der Waals surface area contributed by atoms with Crippen molar-refractivity contribution in [1.82, 2.24) is 15.5 Å². The minimum Gasteiger partial charge on any atom is -0.486 e. The summed E-state index contributed by atoms with van der Waals surface area (Å²) in [5, 5.41) is 4.71. The molecule has 2 saturated heterocycles. The van der Waals surface area contributed by atoms with E-state index in [2.05, 4.69) is 17.6 Å². The van der Waals surface area contributed by atoms with Crippen molar-refractivity contribution in [3.8, 4) is 5.75 Å². The summed E-state index contributed by atoms with van der Waals surface area (Å²) < 4.78 is 5.96. The number of ether oxygens (including phenoxy) is 1. The number of carbonyl (C=O) groups is 3. The van der Waals surface area contributed by atoms with Gasteiger partial charge in [-0.15, -0.1) is 0 Å². The van der Waals surface area contributed by atoms with Gasteiger partial charge in [0.2, 0.25) is 11.8 Å². The predicted molar refractivity (Wildman–Crippen MR) is 86.5 cm³/mol. The maximum Gasteiger partial charge on any atom is 0.322 e. The number of hydrogen-bond donors (Lipinski definition) is 2. The largest absolute Gasteiger partial charge is 0.486 e. The molecule has 128 valence electrons. The van der Waals surface area contributed by atoms with Crippen LogP contribution in [-0.4, -0.2) is 48.0 Å². The fourth-order valence-corrected chi connectivity index (χ4v) is 2.92. The normalized spacial score (nSPS) is 21.4. The van der Waals surface area contributed by atoms with Gasteiger partial charge in [0.1, 0.15) is 17.9 Å². The number of aryl methyl sites for hydroxylation is 1. The molecule has 2 fully saturated rings. The number of nitrogens with zero attached hydrogens (tertiary/aromatic N) is 1. The van der Waals surface area contributed by atoms with Gasteiger partial charge in [0.25, 0.3) is 0 Å². The Morgan fingerprint density at radius 1 is 1.29 bits per heavy atom. The second-order valence-electron chi connectivity index (χ2n) is 6.06. The van der Waals surface area contributed by atoms with Crippen molar-refractivity contribution in [2.45, 2.75) is 38.3 Å². The van der Waals surface area contributed by atoms with Crippen LogP contribution in [0.2, 0.25) is 0 Å². The summed E-state index contributed by atoms with van der Waals surface area (Å²) in [6, 6.07) is 6.61. The third-order valence-corrected chi connectivity index (χ3v) is 4.32. The minimum atomic E-state index is -0.652. The Morgan fingerprint density at radius 3 is 2.79 bits per heavy atom. The third kappa shape index (κ3) is 3.50. The van der Waals surface area contributed by atoms with Crippen molar-refractivity contribution in [3.63, 3.8) is 0 Å². The fourth-order valence-electron chi connectivity index (χ4n) is 2.92. The summed E-state index contributed by atoms with van der Waals surface area (Å²) in [6.45, 7) is 3.05. The van der Waals surface area contributed by atoms with E-state index in [1.54, 1.807) is 4.90 Å². The summed E-state index contributed by atoms with van der Waals surface area (Å²) in [5.74, 6) is 0.335. The lowest BCUT2D eigenvalue weighted by molar-refractivity contribution is -0.142. The Morgan fingerprint density at radius 2 is 2.04 bits per heavy atom. The van der Waals surface area contributed by atoms with Crippen molar-refractivity contribution >= 4 is 17.8 Å². The van der Waals surface area contributed by atoms with E-state index in [4.69, 9.17) is 4.74 Å². The highest BCUT2D eigenvalue weighted by Crippen LogP contribution is 2.23. The molecule has 0 aliphatic carbocycles. The van der Waals surface area contributed by atoms with E-state index in [0.717, 1.165) is 17.7 Å². The van der Waals surface area contributed by atoms with E-state index in [0.29, 0.717) is 19.5 Å². The first-order chi connectivity index (χ1) is 11.6. The molecule has 24 heavy (non-hydrogen) atoms. The van der Waals surface area contributed by atoms with Gasteiger partial charge in [-0.2, -0.15) is 0 Å². The van der Waals surface area contributed by atoms with Gasteiger partial charge in [-0.05, 0) is 24.5 Å². The van der Waals surface area contributed by atoms with E-state index in [1.807, 2.05) is 24.3 Å². The lowest BCUT2D eigenvalue weighted by Crippen LogP contribution is -2.61. The van der Waals surface area contributed by atoms with E-state index in [-0.39, 0.29) is 24.3 Å². The van der Waals surface area contributed by atoms with Gasteiger partial charge in [0, 0.05) is 6.42 Å². The van der Waals surface area contributed by atoms with Crippen molar-refractivity contribution in [3.05, 3.63) is 29.8 Å². The number of amides is 4. The zero-order valence-electron chi connectivity index (χ0n) is 13.6. The van der Waals surface area contributed by atoms with Crippen LogP contribution in [0.15, 0.2) is 24.3 Å². The number of rotatable bonds is 4. The summed E-state index contributed by atoms with van der Waals surface area (Å²) in [4.78, 5) is 36.9. The molecule has 7 nitrogen and oxygen atoms in total. The van der Waals surface area contributed by atoms with Crippen LogP contribution in [-0.2, 0) is 16.0 Å². The van der Waals surface area contributed by atoms with Crippen LogP contribution in [0, 0.1) is 0 Å². The van der Waals surface area contributed by atoms with Crippen molar-refractivity contribution in [1.29, 1.82) is 0 Å². The lowest BCUT2D eigenvalue weighted by Gasteiger charge is -2.40. The second kappa shape index (κ2) is 6.90. The molecule has 0 unspecified atom stereocenters. The van der Waals surface area contributed by atoms with Gasteiger partial charge in [0.15, 0.2) is 0 Å². The number of hydrogen-bond acceptors (Lipinski definition) is 4. The molecular weight excluding hydrogens is 310 g/mol. The Balaban J connectivity index is 1.53. The Bertz CT molecular complexity index is 655. The van der Waals surface area contributed by atoms with Crippen molar-refractivity contribution < 1.29 is 19.1 Å². The molecule has 0 saturated carbocycles. The maximum absolute atomic E-state index is 12.4. The topological polar surface area (TPSA) is 87.7 Å². The SMILES string of the molecule is CCc1ccccc1OC1CN(C(=O)[C@@H]2CCC(=O)NC(=O)N2)C1. The number of imide groups is 1. The van der Waals surface area contributed by atoms with Gasteiger partial charge < -0.3 is 15.0 Å². The van der Waals surface area contributed by atoms with Gasteiger partial charge >= 0.3 is 6.03 Å². The molecule has 2 aliphatic heterocycles. The van der Waals surface area contributed by atoms with Gasteiger partial charge in [-0.1, -0.05) is 25.1 Å². The van der Waals surface area contributed by atoms with Crippen LogP contribution in [0.3, 0.4) is 0 Å². The monoisotopic (exact) mass is 331 g/mol. The number of benzene rings is 1. The molecule has 0 aromatic heterocycles.